The number of ether oxygens (including phenoxy) is 2. The smallest absolute Gasteiger partial charge is 0.225 e. The topological polar surface area (TPSA) is 30.8 Å². The van der Waals surface area contributed by atoms with Crippen molar-refractivity contribution in [3.8, 4) is 11.5 Å². The molecule has 0 aliphatic heterocycles. The molecule has 3 nitrogen and oxygen atoms in total. The minimum absolute atomic E-state index is 0.500. The highest BCUT2D eigenvalue weighted by molar-refractivity contribution is 5.96. The molecule has 3 rings (SSSR count). The van der Waals surface area contributed by atoms with E-state index in [1.54, 1.807) is 6.26 Å². The van der Waals surface area contributed by atoms with E-state index >= 15 is 0 Å². The Kier molecular flexibility index (Phi) is 6.06. The third-order valence-corrected chi connectivity index (χ3v) is 4.13. The van der Waals surface area contributed by atoms with E-state index in [1.165, 1.54) is 11.1 Å². The summed E-state index contributed by atoms with van der Waals surface area (Å²) in [6.07, 6.45) is 1.66. The molecule has 27 heavy (non-hydrogen) atoms. The van der Waals surface area contributed by atoms with Gasteiger partial charge in [-0.15, -0.1) is 0 Å². The number of aryl methyl sites for hydroxylation is 2. The molecule has 0 spiro atoms. The Labute approximate surface area is 160 Å². The summed E-state index contributed by atoms with van der Waals surface area (Å²) >= 11 is 0. The Hall–Kier alpha value is -3.33. The highest BCUT2D eigenvalue weighted by Crippen LogP contribution is 2.21. The number of nitrogens with zero attached hydrogens (tertiary/aromatic N) is 1. The molecule has 0 saturated heterocycles. The quantitative estimate of drug-likeness (QED) is 0.301. The number of aliphatic imine (C=N–C) groups is 1. The summed E-state index contributed by atoms with van der Waals surface area (Å²) in [7, 11) is 0. The summed E-state index contributed by atoms with van der Waals surface area (Å²) < 4.78 is 11.8. The highest BCUT2D eigenvalue weighted by Gasteiger charge is 2.08. The fourth-order valence-corrected chi connectivity index (χ4v) is 2.41. The van der Waals surface area contributed by atoms with E-state index in [9.17, 15) is 0 Å². The van der Waals surface area contributed by atoms with E-state index in [1.807, 2.05) is 73.7 Å². The Balaban J connectivity index is 1.90. The minimum atomic E-state index is 0.500. The van der Waals surface area contributed by atoms with Crippen LogP contribution in [-0.4, -0.2) is 5.90 Å². The second-order valence-electron chi connectivity index (χ2n) is 6.33. The SMILES string of the molecule is C/C(=C\Oc1ccccc1)C(=Nc1ccc(C)c(C)c1)Oc1ccccc1. The van der Waals surface area contributed by atoms with Crippen LogP contribution in [0.25, 0.3) is 0 Å². The lowest BCUT2D eigenvalue weighted by atomic mass is 10.1. The van der Waals surface area contributed by atoms with Gasteiger partial charge >= 0.3 is 0 Å². The number of hydrogen-bond acceptors (Lipinski definition) is 3. The van der Waals surface area contributed by atoms with Gasteiger partial charge in [-0.05, 0) is 68.3 Å². The number of benzene rings is 3. The second kappa shape index (κ2) is 8.86. The molecule has 0 saturated carbocycles. The molecule has 0 aromatic heterocycles. The Morgan fingerprint density at radius 2 is 1.41 bits per heavy atom. The third-order valence-electron chi connectivity index (χ3n) is 4.13. The van der Waals surface area contributed by atoms with Gasteiger partial charge in [-0.1, -0.05) is 42.5 Å². The summed E-state index contributed by atoms with van der Waals surface area (Å²) in [5.74, 6) is 2.00. The van der Waals surface area contributed by atoms with Crippen molar-refractivity contribution in [3.05, 3.63) is 102 Å². The first-order chi connectivity index (χ1) is 13.1. The molecule has 0 amide bonds. The van der Waals surface area contributed by atoms with Crippen molar-refractivity contribution in [2.24, 2.45) is 4.99 Å². The average Bonchev–Trinajstić information content (AvgIpc) is 2.70. The number of rotatable bonds is 5. The zero-order chi connectivity index (χ0) is 19.1. The zero-order valence-corrected chi connectivity index (χ0v) is 15.8. The zero-order valence-electron chi connectivity index (χ0n) is 15.8. The predicted molar refractivity (Wildman–Crippen MR) is 111 cm³/mol. The maximum atomic E-state index is 6.04. The molecule has 3 aromatic carbocycles. The van der Waals surface area contributed by atoms with Crippen LogP contribution < -0.4 is 9.47 Å². The minimum Gasteiger partial charge on any atom is -0.465 e. The van der Waals surface area contributed by atoms with Crippen molar-refractivity contribution in [3.63, 3.8) is 0 Å². The van der Waals surface area contributed by atoms with E-state index < -0.39 is 0 Å². The third kappa shape index (κ3) is 5.32. The van der Waals surface area contributed by atoms with Crippen molar-refractivity contribution in [1.29, 1.82) is 0 Å². The number of hydrogen-bond donors (Lipinski definition) is 0. The van der Waals surface area contributed by atoms with Crippen molar-refractivity contribution in [2.75, 3.05) is 0 Å². The van der Waals surface area contributed by atoms with Crippen molar-refractivity contribution >= 4 is 11.6 Å². The second-order valence-corrected chi connectivity index (χ2v) is 6.33. The first kappa shape index (κ1) is 18.5. The van der Waals surface area contributed by atoms with E-state index in [-0.39, 0.29) is 0 Å². The lowest BCUT2D eigenvalue weighted by molar-refractivity contribution is 0.473. The Bertz CT molecular complexity index is 945. The van der Waals surface area contributed by atoms with Crippen LogP contribution in [0.2, 0.25) is 0 Å². The van der Waals surface area contributed by atoms with Gasteiger partial charge < -0.3 is 9.47 Å². The molecule has 0 aliphatic rings. The van der Waals surface area contributed by atoms with Gasteiger partial charge in [0.2, 0.25) is 5.90 Å². The standard InChI is InChI=1S/C24H23NO2/c1-18-14-15-21(16-19(18)2)25-24(27-23-12-8-5-9-13-23)20(3)17-26-22-10-6-4-7-11-22/h4-17H,1-3H3/b20-17+,25-24?. The molecular weight excluding hydrogens is 334 g/mol. The lowest BCUT2D eigenvalue weighted by Gasteiger charge is -2.11. The van der Waals surface area contributed by atoms with Crippen LogP contribution >= 0.6 is 0 Å². The van der Waals surface area contributed by atoms with Crippen molar-refractivity contribution in [2.45, 2.75) is 20.8 Å². The normalized spacial score (nSPS) is 12.0. The van der Waals surface area contributed by atoms with Gasteiger partial charge in [0.15, 0.2) is 0 Å². The maximum absolute atomic E-state index is 6.04. The fourth-order valence-electron chi connectivity index (χ4n) is 2.41. The molecule has 0 bridgehead atoms. The van der Waals surface area contributed by atoms with E-state index in [2.05, 4.69) is 26.0 Å². The van der Waals surface area contributed by atoms with Crippen LogP contribution in [0.5, 0.6) is 11.5 Å². The molecule has 3 heteroatoms. The van der Waals surface area contributed by atoms with Crippen LogP contribution in [0.4, 0.5) is 5.69 Å². The summed E-state index contributed by atoms with van der Waals surface area (Å²) in [6, 6.07) is 25.4. The van der Waals surface area contributed by atoms with Gasteiger partial charge in [-0.2, -0.15) is 0 Å². The summed E-state index contributed by atoms with van der Waals surface area (Å²) in [5.41, 5.74) is 4.06. The summed E-state index contributed by atoms with van der Waals surface area (Å²) in [5, 5.41) is 0. The molecule has 0 radical (unpaired) electrons. The lowest BCUT2D eigenvalue weighted by Crippen LogP contribution is -2.10. The largest absolute Gasteiger partial charge is 0.465 e. The van der Waals surface area contributed by atoms with Crippen LogP contribution in [-0.2, 0) is 0 Å². The van der Waals surface area contributed by atoms with Gasteiger partial charge in [0.1, 0.15) is 11.5 Å². The van der Waals surface area contributed by atoms with Crippen LogP contribution in [0.15, 0.2) is 95.7 Å². The average molecular weight is 357 g/mol. The van der Waals surface area contributed by atoms with Gasteiger partial charge in [0, 0.05) is 5.57 Å². The van der Waals surface area contributed by atoms with Gasteiger partial charge in [-0.3, -0.25) is 0 Å². The highest BCUT2D eigenvalue weighted by atomic mass is 16.5. The Morgan fingerprint density at radius 3 is 2.04 bits per heavy atom. The van der Waals surface area contributed by atoms with Crippen LogP contribution in [0, 0.1) is 13.8 Å². The molecular formula is C24H23NO2. The van der Waals surface area contributed by atoms with Gasteiger partial charge in [0.25, 0.3) is 0 Å². The monoisotopic (exact) mass is 357 g/mol. The van der Waals surface area contributed by atoms with Crippen LogP contribution in [0.1, 0.15) is 18.1 Å². The fraction of sp³-hybridized carbons (Fsp3) is 0.125. The summed E-state index contributed by atoms with van der Waals surface area (Å²) in [4.78, 5) is 4.71. The van der Waals surface area contributed by atoms with E-state index in [4.69, 9.17) is 14.5 Å². The molecule has 0 aliphatic carbocycles. The maximum Gasteiger partial charge on any atom is 0.225 e. The molecule has 0 heterocycles. The molecule has 3 aromatic rings. The van der Waals surface area contributed by atoms with Crippen molar-refractivity contribution < 1.29 is 9.47 Å². The van der Waals surface area contributed by atoms with Crippen LogP contribution in [0.3, 0.4) is 0 Å². The van der Waals surface area contributed by atoms with Gasteiger partial charge in [0.05, 0.1) is 11.9 Å². The predicted octanol–water partition coefficient (Wildman–Crippen LogP) is 6.40. The molecule has 136 valence electrons. The van der Waals surface area contributed by atoms with Gasteiger partial charge in [-0.25, -0.2) is 4.99 Å². The molecule has 0 N–H and O–H groups in total. The first-order valence-electron chi connectivity index (χ1n) is 8.89. The van der Waals surface area contributed by atoms with E-state index in [0.717, 1.165) is 22.8 Å². The van der Waals surface area contributed by atoms with Crippen molar-refractivity contribution in [1.82, 2.24) is 0 Å². The Morgan fingerprint density at radius 1 is 0.778 bits per heavy atom. The first-order valence-corrected chi connectivity index (χ1v) is 8.89. The van der Waals surface area contributed by atoms with E-state index in [0.29, 0.717) is 5.90 Å². The summed E-state index contributed by atoms with van der Waals surface area (Å²) in [6.45, 7) is 6.09. The molecule has 0 unspecified atom stereocenters. The molecule has 0 fully saturated rings. The number of para-hydroxylation sites is 2. The molecule has 0 atom stereocenters.